The maximum Gasteiger partial charge on any atom is 0.534 e. The average Bonchev–Trinajstić information content (AvgIpc) is 2.80. The Morgan fingerprint density at radius 1 is 1.13 bits per heavy atom. The van der Waals surface area contributed by atoms with Gasteiger partial charge in [-0.2, -0.15) is 21.6 Å². The summed E-state index contributed by atoms with van der Waals surface area (Å²) in [5.74, 6) is -0.440. The van der Waals surface area contributed by atoms with Crippen molar-refractivity contribution < 1.29 is 34.6 Å². The molecule has 1 aromatic carbocycles. The lowest BCUT2D eigenvalue weighted by atomic mass is 9.86. The molecule has 3 heterocycles. The molecule has 4 rings (SSSR count). The standard InChI is InChI=1S/C26H33F5N4O3S/c1-17-11-18-12-21(38-39(36,37)26(29,30)31)6-7-22(18)24(35(17)16-25(2,3)28)23-8-5-19(13-32-23)33-20-14-34(15-20)10-4-9-27/h5-8,12-13,17,20,24,33H,4,9-11,14-16H2,1-3H3/t17-,24+/m1/s1. The van der Waals surface area contributed by atoms with Crippen molar-refractivity contribution in [3.05, 3.63) is 53.3 Å². The second kappa shape index (κ2) is 11.2. The molecule has 39 heavy (non-hydrogen) atoms. The highest BCUT2D eigenvalue weighted by Crippen LogP contribution is 2.40. The summed E-state index contributed by atoms with van der Waals surface area (Å²) < 4.78 is 93.1. The zero-order chi connectivity index (χ0) is 28.6. The molecule has 2 atom stereocenters. The first-order valence-corrected chi connectivity index (χ1v) is 14.2. The van der Waals surface area contributed by atoms with E-state index < -0.39 is 33.1 Å². The Hall–Kier alpha value is -2.51. The second-order valence-electron chi connectivity index (χ2n) is 10.8. The minimum Gasteiger partial charge on any atom is -0.378 e. The lowest BCUT2D eigenvalue weighted by Gasteiger charge is -2.43. The van der Waals surface area contributed by atoms with E-state index in [0.717, 1.165) is 25.3 Å². The number of halogens is 5. The van der Waals surface area contributed by atoms with Crippen molar-refractivity contribution in [2.75, 3.05) is 38.2 Å². The van der Waals surface area contributed by atoms with E-state index in [2.05, 4.69) is 19.4 Å². The number of nitrogens with zero attached hydrogens (tertiary/aromatic N) is 3. The summed E-state index contributed by atoms with van der Waals surface area (Å²) in [6.07, 6.45) is 2.55. The van der Waals surface area contributed by atoms with Crippen molar-refractivity contribution in [1.29, 1.82) is 0 Å². The molecule has 216 valence electrons. The van der Waals surface area contributed by atoms with Crippen LogP contribution < -0.4 is 9.50 Å². The van der Waals surface area contributed by atoms with Gasteiger partial charge in [-0.3, -0.25) is 19.2 Å². The van der Waals surface area contributed by atoms with E-state index >= 15 is 0 Å². The Morgan fingerprint density at radius 2 is 1.85 bits per heavy atom. The molecule has 1 aromatic heterocycles. The number of rotatable bonds is 10. The number of alkyl halides is 5. The Kier molecular flexibility index (Phi) is 8.44. The topological polar surface area (TPSA) is 74.8 Å². The lowest BCUT2D eigenvalue weighted by Crippen LogP contribution is -2.54. The van der Waals surface area contributed by atoms with Crippen molar-refractivity contribution in [1.82, 2.24) is 14.8 Å². The Bertz CT molecular complexity index is 1250. The van der Waals surface area contributed by atoms with Gasteiger partial charge in [-0.05, 0) is 69.0 Å². The number of anilines is 1. The van der Waals surface area contributed by atoms with E-state index in [4.69, 9.17) is 0 Å². The summed E-state index contributed by atoms with van der Waals surface area (Å²) in [5.41, 5.74) is -4.38. The van der Waals surface area contributed by atoms with E-state index in [1.807, 2.05) is 24.0 Å². The monoisotopic (exact) mass is 576 g/mol. The van der Waals surface area contributed by atoms with Gasteiger partial charge in [0.15, 0.2) is 0 Å². The Morgan fingerprint density at radius 3 is 2.44 bits per heavy atom. The summed E-state index contributed by atoms with van der Waals surface area (Å²) >= 11 is 0. The van der Waals surface area contributed by atoms with E-state index in [9.17, 15) is 30.4 Å². The molecular formula is C26H33F5N4O3S. The highest BCUT2D eigenvalue weighted by molar-refractivity contribution is 7.88. The number of hydrogen-bond donors (Lipinski definition) is 1. The van der Waals surface area contributed by atoms with Crippen LogP contribution in [0.15, 0.2) is 36.5 Å². The molecule has 7 nitrogen and oxygen atoms in total. The van der Waals surface area contributed by atoms with Gasteiger partial charge in [-0.25, -0.2) is 4.39 Å². The van der Waals surface area contributed by atoms with Gasteiger partial charge >= 0.3 is 15.6 Å². The third-order valence-electron chi connectivity index (χ3n) is 6.87. The van der Waals surface area contributed by atoms with Gasteiger partial charge in [-0.15, -0.1) is 0 Å². The molecule has 0 unspecified atom stereocenters. The summed E-state index contributed by atoms with van der Waals surface area (Å²) in [6.45, 7) is 6.91. The third-order valence-corrected chi connectivity index (χ3v) is 7.85. The molecule has 1 fully saturated rings. The van der Waals surface area contributed by atoms with Crippen molar-refractivity contribution in [2.45, 2.75) is 62.9 Å². The molecule has 0 radical (unpaired) electrons. The van der Waals surface area contributed by atoms with E-state index in [-0.39, 0.29) is 25.3 Å². The molecule has 13 heteroatoms. The van der Waals surface area contributed by atoms with E-state index in [0.29, 0.717) is 29.7 Å². The largest absolute Gasteiger partial charge is 0.534 e. The van der Waals surface area contributed by atoms with Crippen LogP contribution in [0.1, 0.15) is 50.1 Å². The minimum atomic E-state index is -5.81. The molecule has 1 saturated heterocycles. The predicted octanol–water partition coefficient (Wildman–Crippen LogP) is 4.85. The first-order chi connectivity index (χ1) is 18.2. The first kappa shape index (κ1) is 29.5. The molecular weight excluding hydrogens is 543 g/mol. The van der Waals surface area contributed by atoms with Gasteiger partial charge in [0.2, 0.25) is 0 Å². The van der Waals surface area contributed by atoms with Gasteiger partial charge in [0.1, 0.15) is 11.4 Å². The summed E-state index contributed by atoms with van der Waals surface area (Å²) in [6, 6.07) is 7.16. The molecule has 2 aromatic rings. The molecule has 0 saturated carbocycles. The summed E-state index contributed by atoms with van der Waals surface area (Å²) in [4.78, 5) is 8.76. The van der Waals surface area contributed by atoms with Gasteiger partial charge in [0, 0.05) is 32.2 Å². The summed E-state index contributed by atoms with van der Waals surface area (Å²) in [5, 5.41) is 3.40. The Labute approximate surface area is 225 Å². The van der Waals surface area contributed by atoms with Crippen molar-refractivity contribution in [3.8, 4) is 5.75 Å². The maximum absolute atomic E-state index is 14.8. The van der Waals surface area contributed by atoms with E-state index in [1.165, 1.54) is 32.0 Å². The fourth-order valence-corrected chi connectivity index (χ4v) is 5.60. The number of likely N-dealkylation sites (tertiary alicyclic amines) is 1. The zero-order valence-corrected chi connectivity index (χ0v) is 22.8. The van der Waals surface area contributed by atoms with Gasteiger partial charge in [0.05, 0.1) is 36.3 Å². The number of aromatic nitrogens is 1. The minimum absolute atomic E-state index is 0.0808. The van der Waals surface area contributed by atoms with Crippen molar-refractivity contribution in [2.24, 2.45) is 0 Å². The molecule has 2 aliphatic heterocycles. The molecule has 0 bridgehead atoms. The molecule has 2 aliphatic rings. The van der Waals surface area contributed by atoms with Crippen LogP contribution in [-0.2, 0) is 16.5 Å². The average molecular weight is 577 g/mol. The fourth-order valence-electron chi connectivity index (χ4n) is 5.15. The molecule has 1 N–H and O–H groups in total. The van der Waals surface area contributed by atoms with Crippen molar-refractivity contribution >= 4 is 15.8 Å². The maximum atomic E-state index is 14.8. The van der Waals surface area contributed by atoms with Gasteiger partial charge < -0.3 is 9.50 Å². The number of nitrogens with one attached hydrogen (secondary N) is 1. The highest BCUT2D eigenvalue weighted by atomic mass is 32.2. The quantitative estimate of drug-likeness (QED) is 0.246. The number of hydrogen-bond acceptors (Lipinski definition) is 7. The highest BCUT2D eigenvalue weighted by Gasteiger charge is 2.48. The van der Waals surface area contributed by atoms with Crippen LogP contribution >= 0.6 is 0 Å². The summed E-state index contributed by atoms with van der Waals surface area (Å²) in [7, 11) is -5.81. The molecule has 0 spiro atoms. The fraction of sp³-hybridized carbons (Fsp3) is 0.577. The van der Waals surface area contributed by atoms with Crippen LogP contribution in [0.4, 0.5) is 27.6 Å². The predicted molar refractivity (Wildman–Crippen MR) is 138 cm³/mol. The van der Waals surface area contributed by atoms with Crippen LogP contribution in [0.5, 0.6) is 5.75 Å². The van der Waals surface area contributed by atoms with Crippen LogP contribution in [-0.4, -0.2) is 79.3 Å². The molecule has 0 aliphatic carbocycles. The van der Waals surface area contributed by atoms with Crippen LogP contribution in [0.25, 0.3) is 0 Å². The Balaban J connectivity index is 1.59. The lowest BCUT2D eigenvalue weighted by molar-refractivity contribution is -0.0500. The second-order valence-corrected chi connectivity index (χ2v) is 12.3. The number of pyridine rings is 1. The SMILES string of the molecule is C[C@@H]1Cc2cc(OS(=O)(=O)C(F)(F)F)ccc2[C@@H](c2ccc(NC3CN(CCCF)C3)cn2)N1CC(C)(C)F. The van der Waals surface area contributed by atoms with Crippen LogP contribution in [0.3, 0.4) is 0 Å². The normalized spacial score (nSPS) is 21.3. The number of fused-ring (bicyclic) bond motifs is 1. The van der Waals surface area contributed by atoms with Crippen LogP contribution in [0.2, 0.25) is 0 Å². The smallest absolute Gasteiger partial charge is 0.378 e. The van der Waals surface area contributed by atoms with Crippen molar-refractivity contribution in [3.63, 3.8) is 0 Å². The van der Waals surface area contributed by atoms with Crippen LogP contribution in [0, 0.1) is 0 Å². The van der Waals surface area contributed by atoms with E-state index in [1.54, 1.807) is 6.20 Å². The van der Waals surface area contributed by atoms with Gasteiger partial charge in [-0.1, -0.05) is 6.07 Å². The molecule has 0 amide bonds. The number of benzene rings is 1. The third kappa shape index (κ3) is 6.98. The first-order valence-electron chi connectivity index (χ1n) is 12.8. The zero-order valence-electron chi connectivity index (χ0n) is 22.0. The van der Waals surface area contributed by atoms with Gasteiger partial charge in [0.25, 0.3) is 0 Å².